The number of nitrogens with one attached hydrogen (secondary N) is 1. The van der Waals surface area contributed by atoms with Crippen molar-refractivity contribution in [3.05, 3.63) is 108 Å². The number of phenolic OH excluding ortho intramolecular Hbond substituents is 1. The Bertz CT molecular complexity index is 1820. The van der Waals surface area contributed by atoms with Gasteiger partial charge in [0.2, 0.25) is 17.7 Å². The van der Waals surface area contributed by atoms with Gasteiger partial charge in [0, 0.05) is 39.2 Å². The van der Waals surface area contributed by atoms with E-state index in [0.29, 0.717) is 26.2 Å². The van der Waals surface area contributed by atoms with Gasteiger partial charge in [0.05, 0.1) is 21.6 Å². The van der Waals surface area contributed by atoms with Crippen LogP contribution in [0.15, 0.2) is 82.6 Å². The number of para-hydroxylation sites is 1. The smallest absolute Gasteiger partial charge is 0.308 e. The Kier molecular flexibility index (Phi) is 7.09. The zero-order chi connectivity index (χ0) is 29.7. The molecule has 3 aromatic carbocycles. The number of aromatic nitrogens is 1. The minimum absolute atomic E-state index is 0.110. The Morgan fingerprint density at radius 2 is 1.69 bits per heavy atom. The van der Waals surface area contributed by atoms with Crippen molar-refractivity contribution in [2.75, 3.05) is 10.2 Å². The number of nitro groups is 1. The minimum atomic E-state index is -0.982. The van der Waals surface area contributed by atoms with E-state index in [1.807, 2.05) is 0 Å². The van der Waals surface area contributed by atoms with E-state index in [1.54, 1.807) is 42.5 Å². The first-order chi connectivity index (χ1) is 20.1. The number of amides is 3. The largest absolute Gasteiger partial charge is 0.508 e. The molecule has 2 aliphatic rings. The third-order valence-electron chi connectivity index (χ3n) is 7.07. The number of nitro benzene ring substituents is 1. The number of thiazole rings is 1. The third kappa shape index (κ3) is 4.74. The lowest BCUT2D eigenvalue weighted by Gasteiger charge is -2.31. The molecule has 0 spiro atoms. The number of non-ortho nitro benzene ring substituents is 1. The average Bonchev–Trinajstić information content (AvgIpc) is 3.41. The maximum Gasteiger partial charge on any atom is 0.308 e. The predicted molar refractivity (Wildman–Crippen MR) is 157 cm³/mol. The summed E-state index contributed by atoms with van der Waals surface area (Å²) < 4.78 is 1.27. The number of thioether (sulfide) groups is 1. The molecule has 3 atom stereocenters. The van der Waals surface area contributed by atoms with E-state index >= 15 is 0 Å². The minimum Gasteiger partial charge on any atom is -0.508 e. The lowest BCUT2D eigenvalue weighted by molar-refractivity contribution is -0.384. The second kappa shape index (κ2) is 10.7. The number of anilines is 2. The summed E-state index contributed by atoms with van der Waals surface area (Å²) in [5.74, 6) is -3.55. The molecule has 4 aromatic rings. The van der Waals surface area contributed by atoms with Crippen molar-refractivity contribution in [2.24, 2.45) is 5.92 Å². The number of aromatic hydroxyl groups is 1. The standard InChI is InChI=1S/C28H19ClN4O7S2/c29-14-5-7-15(8-6-14)30-20(35)13-31-27-24(42-28(31)38)21(18-3-1-2-4-19(18)34)22-23(41-27)26(37)32(25(22)36)16-9-11-17(12-10-16)33(39)40/h1-12,21-23,34H,13H2,(H,30,35)/t21-,22+,23-/m0/s1. The Hall–Kier alpha value is -4.46. The van der Waals surface area contributed by atoms with E-state index in [-0.39, 0.29) is 23.7 Å². The molecule has 11 nitrogen and oxygen atoms in total. The number of halogens is 1. The maximum absolute atomic E-state index is 13.9. The molecular weight excluding hydrogens is 604 g/mol. The summed E-state index contributed by atoms with van der Waals surface area (Å²) in [6.07, 6.45) is 0. The zero-order valence-electron chi connectivity index (χ0n) is 21.3. The first kappa shape index (κ1) is 27.7. The van der Waals surface area contributed by atoms with Crippen LogP contribution in [-0.2, 0) is 20.9 Å². The summed E-state index contributed by atoms with van der Waals surface area (Å²) in [7, 11) is 0. The summed E-state index contributed by atoms with van der Waals surface area (Å²) in [6.45, 7) is -0.348. The van der Waals surface area contributed by atoms with Crippen LogP contribution in [0.25, 0.3) is 0 Å². The topological polar surface area (TPSA) is 152 Å². The van der Waals surface area contributed by atoms with Gasteiger partial charge in [-0.25, -0.2) is 4.90 Å². The molecule has 2 N–H and O–H groups in total. The second-order valence-electron chi connectivity index (χ2n) is 9.56. The highest BCUT2D eigenvalue weighted by atomic mass is 35.5. The highest BCUT2D eigenvalue weighted by Crippen LogP contribution is 2.55. The molecular formula is C28H19ClN4O7S2. The van der Waals surface area contributed by atoms with Gasteiger partial charge in [0.15, 0.2) is 0 Å². The Labute approximate surface area is 250 Å². The van der Waals surface area contributed by atoms with Gasteiger partial charge in [0.1, 0.15) is 17.5 Å². The molecule has 1 fully saturated rings. The van der Waals surface area contributed by atoms with E-state index in [4.69, 9.17) is 11.6 Å². The van der Waals surface area contributed by atoms with Crippen molar-refractivity contribution in [3.8, 4) is 5.75 Å². The molecule has 42 heavy (non-hydrogen) atoms. The van der Waals surface area contributed by atoms with Gasteiger partial charge >= 0.3 is 4.87 Å². The van der Waals surface area contributed by atoms with Crippen LogP contribution < -0.4 is 15.1 Å². The Balaban J connectivity index is 1.40. The van der Waals surface area contributed by atoms with E-state index in [0.717, 1.165) is 28.0 Å². The maximum atomic E-state index is 13.9. The monoisotopic (exact) mass is 622 g/mol. The van der Waals surface area contributed by atoms with Gasteiger partial charge in [-0.2, -0.15) is 0 Å². The third-order valence-corrected chi connectivity index (χ3v) is 9.93. The lowest BCUT2D eigenvalue weighted by atomic mass is 9.82. The van der Waals surface area contributed by atoms with Crippen LogP contribution in [0, 0.1) is 16.0 Å². The summed E-state index contributed by atoms with van der Waals surface area (Å²) in [6, 6.07) is 17.9. The van der Waals surface area contributed by atoms with Crippen LogP contribution in [0.3, 0.4) is 0 Å². The molecule has 14 heteroatoms. The number of carbonyl (C=O) groups excluding carboxylic acids is 3. The van der Waals surface area contributed by atoms with Crippen LogP contribution in [-0.4, -0.2) is 37.6 Å². The van der Waals surface area contributed by atoms with E-state index < -0.39 is 44.6 Å². The number of hydrogen-bond acceptors (Lipinski definition) is 9. The number of hydrogen-bond donors (Lipinski definition) is 2. The van der Waals surface area contributed by atoms with Crippen molar-refractivity contribution in [2.45, 2.75) is 22.7 Å². The summed E-state index contributed by atoms with van der Waals surface area (Å²) in [5, 5.41) is 24.5. The molecule has 2 aliphatic heterocycles. The second-order valence-corrected chi connectivity index (χ2v) is 12.1. The van der Waals surface area contributed by atoms with Crippen LogP contribution in [0.2, 0.25) is 5.02 Å². The average molecular weight is 623 g/mol. The van der Waals surface area contributed by atoms with Crippen molar-refractivity contribution in [1.29, 1.82) is 0 Å². The highest BCUT2D eigenvalue weighted by Gasteiger charge is 2.57. The molecule has 6 rings (SSSR count). The molecule has 0 radical (unpaired) electrons. The van der Waals surface area contributed by atoms with Gasteiger partial charge in [-0.15, -0.1) is 0 Å². The molecule has 0 saturated carbocycles. The molecule has 0 bridgehead atoms. The van der Waals surface area contributed by atoms with E-state index in [2.05, 4.69) is 5.32 Å². The number of fused-ring (bicyclic) bond motifs is 2. The molecule has 212 valence electrons. The number of carbonyl (C=O) groups is 3. The SMILES string of the molecule is O=C(Cn1c2c(sc1=O)[C@@H](c1ccccc1O)[C@H]1C(=O)N(c3ccc([N+](=O)[O-])cc3)C(=O)[C@H]1S2)Nc1ccc(Cl)cc1. The summed E-state index contributed by atoms with van der Waals surface area (Å²) in [4.78, 5) is 65.4. The van der Waals surface area contributed by atoms with Crippen LogP contribution in [0.1, 0.15) is 16.4 Å². The van der Waals surface area contributed by atoms with E-state index in [1.165, 1.54) is 34.9 Å². The molecule has 1 saturated heterocycles. The first-order valence-electron chi connectivity index (χ1n) is 12.5. The van der Waals surface area contributed by atoms with Gasteiger partial charge in [-0.1, -0.05) is 52.9 Å². The lowest BCUT2D eigenvalue weighted by Crippen LogP contribution is -2.33. The fourth-order valence-electron chi connectivity index (χ4n) is 5.20. The van der Waals surface area contributed by atoms with Gasteiger partial charge in [-0.3, -0.25) is 33.9 Å². The number of phenols is 1. The number of nitrogens with zero attached hydrogens (tertiary/aromatic N) is 3. The van der Waals surface area contributed by atoms with Gasteiger partial charge < -0.3 is 10.4 Å². The van der Waals surface area contributed by atoms with Crippen LogP contribution >= 0.6 is 34.7 Å². The Morgan fingerprint density at radius 3 is 2.36 bits per heavy atom. The molecule has 0 unspecified atom stereocenters. The van der Waals surface area contributed by atoms with E-state index in [9.17, 15) is 34.4 Å². The van der Waals surface area contributed by atoms with Crippen LogP contribution in [0.4, 0.5) is 17.1 Å². The van der Waals surface area contributed by atoms with Gasteiger partial charge in [0.25, 0.3) is 5.69 Å². The zero-order valence-corrected chi connectivity index (χ0v) is 23.7. The molecule has 3 amide bonds. The number of rotatable bonds is 6. The fourth-order valence-corrected chi connectivity index (χ4v) is 8.09. The number of benzene rings is 3. The molecule has 3 heterocycles. The molecule has 0 aliphatic carbocycles. The Morgan fingerprint density at radius 1 is 1.00 bits per heavy atom. The van der Waals surface area contributed by atoms with Crippen LogP contribution in [0.5, 0.6) is 5.75 Å². The van der Waals surface area contributed by atoms with Crippen molar-refractivity contribution >= 4 is 69.5 Å². The van der Waals surface area contributed by atoms with Crippen molar-refractivity contribution in [1.82, 2.24) is 4.57 Å². The normalized spacial score (nSPS) is 19.4. The van der Waals surface area contributed by atoms with Crippen molar-refractivity contribution in [3.63, 3.8) is 0 Å². The first-order valence-corrected chi connectivity index (χ1v) is 14.6. The van der Waals surface area contributed by atoms with Gasteiger partial charge in [-0.05, 0) is 42.5 Å². The quantitative estimate of drug-likeness (QED) is 0.180. The summed E-state index contributed by atoms with van der Waals surface area (Å²) in [5.41, 5.74) is 0.820. The van der Waals surface area contributed by atoms with Crippen molar-refractivity contribution < 1.29 is 24.4 Å². The predicted octanol–water partition coefficient (Wildman–Crippen LogP) is 4.61. The molecule has 1 aromatic heterocycles. The highest BCUT2D eigenvalue weighted by molar-refractivity contribution is 8.00. The number of imide groups is 1. The fraction of sp³-hybridized carbons (Fsp3) is 0.143. The summed E-state index contributed by atoms with van der Waals surface area (Å²) >= 11 is 7.79.